The average Bonchev–Trinajstić information content (AvgIpc) is 3.28. The van der Waals surface area contributed by atoms with Crippen molar-refractivity contribution in [3.63, 3.8) is 0 Å². The van der Waals surface area contributed by atoms with E-state index in [1.54, 1.807) is 24.7 Å². The van der Waals surface area contributed by atoms with Crippen LogP contribution in [0.1, 0.15) is 29.7 Å². The SMILES string of the molecule is Cc1cc(Nc2ncccn2)nc([C@H]2CCN(Cc3ncc[nH]3)C2)n1. The summed E-state index contributed by atoms with van der Waals surface area (Å²) in [5, 5.41) is 3.15. The van der Waals surface area contributed by atoms with Crippen molar-refractivity contribution in [2.75, 3.05) is 18.4 Å². The summed E-state index contributed by atoms with van der Waals surface area (Å²) in [6.45, 7) is 4.77. The molecule has 1 atom stereocenters. The number of aromatic amines is 1. The van der Waals surface area contributed by atoms with E-state index in [0.717, 1.165) is 49.2 Å². The highest BCUT2D eigenvalue weighted by Crippen LogP contribution is 2.27. The normalized spacial score (nSPS) is 17.7. The number of aryl methyl sites for hydroxylation is 1. The fraction of sp³-hybridized carbons (Fsp3) is 0.353. The van der Waals surface area contributed by atoms with Crippen LogP contribution in [0.25, 0.3) is 0 Å². The second kappa shape index (κ2) is 6.94. The zero-order chi connectivity index (χ0) is 17.1. The summed E-state index contributed by atoms with van der Waals surface area (Å²) >= 11 is 0. The second-order valence-corrected chi connectivity index (χ2v) is 6.21. The minimum Gasteiger partial charge on any atom is -0.348 e. The Morgan fingerprint density at radius 3 is 2.88 bits per heavy atom. The summed E-state index contributed by atoms with van der Waals surface area (Å²) in [4.78, 5) is 27.5. The Balaban J connectivity index is 1.47. The molecule has 0 aromatic carbocycles. The molecule has 0 amide bonds. The number of imidazole rings is 1. The van der Waals surface area contributed by atoms with Crippen molar-refractivity contribution in [1.29, 1.82) is 0 Å². The summed E-state index contributed by atoms with van der Waals surface area (Å²) in [6.07, 6.45) is 8.10. The fourth-order valence-corrected chi connectivity index (χ4v) is 3.10. The van der Waals surface area contributed by atoms with Crippen molar-refractivity contribution in [3.05, 3.63) is 54.3 Å². The van der Waals surface area contributed by atoms with Crippen LogP contribution < -0.4 is 5.32 Å². The highest BCUT2D eigenvalue weighted by atomic mass is 15.2. The maximum Gasteiger partial charge on any atom is 0.228 e. The number of hydrogen-bond donors (Lipinski definition) is 2. The Morgan fingerprint density at radius 1 is 1.20 bits per heavy atom. The molecule has 3 aromatic rings. The molecule has 25 heavy (non-hydrogen) atoms. The number of H-pyrrole nitrogens is 1. The van der Waals surface area contributed by atoms with Gasteiger partial charge in [0.2, 0.25) is 5.95 Å². The van der Waals surface area contributed by atoms with Gasteiger partial charge >= 0.3 is 0 Å². The van der Waals surface area contributed by atoms with Gasteiger partial charge in [-0.3, -0.25) is 4.90 Å². The predicted molar refractivity (Wildman–Crippen MR) is 93.3 cm³/mol. The van der Waals surface area contributed by atoms with Crippen molar-refractivity contribution >= 4 is 11.8 Å². The third kappa shape index (κ3) is 3.80. The molecule has 8 heteroatoms. The van der Waals surface area contributed by atoms with Gasteiger partial charge < -0.3 is 10.3 Å². The van der Waals surface area contributed by atoms with E-state index in [1.807, 2.05) is 19.2 Å². The molecule has 0 unspecified atom stereocenters. The third-order valence-electron chi connectivity index (χ3n) is 4.24. The van der Waals surface area contributed by atoms with Crippen LogP contribution in [0.2, 0.25) is 0 Å². The minimum absolute atomic E-state index is 0.326. The number of hydrogen-bond acceptors (Lipinski definition) is 7. The van der Waals surface area contributed by atoms with Gasteiger partial charge in [0, 0.05) is 49.0 Å². The molecule has 3 aromatic heterocycles. The number of likely N-dealkylation sites (tertiary alicyclic amines) is 1. The van der Waals surface area contributed by atoms with E-state index >= 15 is 0 Å². The zero-order valence-corrected chi connectivity index (χ0v) is 14.1. The first-order valence-corrected chi connectivity index (χ1v) is 8.36. The molecule has 0 saturated carbocycles. The van der Waals surface area contributed by atoms with Crippen LogP contribution in [-0.2, 0) is 6.54 Å². The van der Waals surface area contributed by atoms with E-state index in [1.165, 1.54) is 0 Å². The zero-order valence-electron chi connectivity index (χ0n) is 14.1. The Morgan fingerprint density at radius 2 is 2.08 bits per heavy atom. The lowest BCUT2D eigenvalue weighted by Gasteiger charge is -2.15. The molecule has 1 saturated heterocycles. The molecule has 2 N–H and O–H groups in total. The van der Waals surface area contributed by atoms with E-state index in [0.29, 0.717) is 11.9 Å². The van der Waals surface area contributed by atoms with Crippen molar-refractivity contribution < 1.29 is 0 Å². The maximum absolute atomic E-state index is 4.69. The van der Waals surface area contributed by atoms with Crippen molar-refractivity contribution in [3.8, 4) is 0 Å². The number of rotatable bonds is 5. The Bertz CT molecular complexity index is 818. The van der Waals surface area contributed by atoms with Crippen LogP contribution in [0, 0.1) is 6.92 Å². The van der Waals surface area contributed by atoms with E-state index < -0.39 is 0 Å². The van der Waals surface area contributed by atoms with Gasteiger partial charge in [0.25, 0.3) is 0 Å². The Kier molecular flexibility index (Phi) is 4.34. The van der Waals surface area contributed by atoms with E-state index in [9.17, 15) is 0 Å². The number of nitrogens with zero attached hydrogens (tertiary/aromatic N) is 6. The average molecular weight is 336 g/mol. The van der Waals surface area contributed by atoms with E-state index in [-0.39, 0.29) is 0 Å². The summed E-state index contributed by atoms with van der Waals surface area (Å²) < 4.78 is 0. The first kappa shape index (κ1) is 15.6. The number of aromatic nitrogens is 6. The van der Waals surface area contributed by atoms with E-state index in [2.05, 4.69) is 35.1 Å². The topological polar surface area (TPSA) is 95.5 Å². The largest absolute Gasteiger partial charge is 0.348 e. The molecule has 0 radical (unpaired) electrons. The first-order chi connectivity index (χ1) is 12.3. The molecular weight excluding hydrogens is 316 g/mol. The molecule has 128 valence electrons. The fourth-order valence-electron chi connectivity index (χ4n) is 3.10. The molecule has 4 heterocycles. The van der Waals surface area contributed by atoms with Gasteiger partial charge in [-0.1, -0.05) is 0 Å². The smallest absolute Gasteiger partial charge is 0.228 e. The third-order valence-corrected chi connectivity index (χ3v) is 4.24. The summed E-state index contributed by atoms with van der Waals surface area (Å²) in [7, 11) is 0. The molecule has 1 aliphatic heterocycles. The standard InChI is InChI=1S/C17H20N8/c1-12-9-14(24-17-20-4-2-5-21-17)23-16(22-12)13-3-8-25(10-13)11-15-18-6-7-19-15/h2,4-7,9,13H,3,8,10-11H2,1H3,(H,18,19)(H,20,21,22,23,24)/t13-/m0/s1. The van der Waals surface area contributed by atoms with Crippen molar-refractivity contribution in [2.45, 2.75) is 25.8 Å². The number of anilines is 2. The lowest BCUT2D eigenvalue weighted by Crippen LogP contribution is -2.21. The van der Waals surface area contributed by atoms with Gasteiger partial charge in [-0.25, -0.2) is 24.9 Å². The summed E-state index contributed by atoms with van der Waals surface area (Å²) in [5.41, 5.74) is 0.938. The van der Waals surface area contributed by atoms with Crippen LogP contribution in [0.5, 0.6) is 0 Å². The maximum atomic E-state index is 4.69. The summed E-state index contributed by atoms with van der Waals surface area (Å²) in [6, 6.07) is 3.70. The predicted octanol–water partition coefficient (Wildman–Crippen LogP) is 2.03. The lowest BCUT2D eigenvalue weighted by atomic mass is 10.1. The van der Waals surface area contributed by atoms with Gasteiger partial charge in [-0.05, 0) is 26.0 Å². The van der Waals surface area contributed by atoms with Gasteiger partial charge in [-0.2, -0.15) is 0 Å². The van der Waals surface area contributed by atoms with Crippen molar-refractivity contribution in [2.24, 2.45) is 0 Å². The molecule has 1 fully saturated rings. The molecule has 1 aliphatic rings. The minimum atomic E-state index is 0.326. The molecule has 0 aliphatic carbocycles. The highest BCUT2D eigenvalue weighted by molar-refractivity contribution is 5.47. The van der Waals surface area contributed by atoms with Gasteiger partial charge in [-0.15, -0.1) is 0 Å². The van der Waals surface area contributed by atoms with Crippen LogP contribution in [0.3, 0.4) is 0 Å². The molecule has 4 rings (SSSR count). The van der Waals surface area contributed by atoms with Crippen LogP contribution >= 0.6 is 0 Å². The summed E-state index contributed by atoms with van der Waals surface area (Å²) in [5.74, 6) is 3.47. The first-order valence-electron chi connectivity index (χ1n) is 8.36. The van der Waals surface area contributed by atoms with Gasteiger partial charge in [0.1, 0.15) is 17.5 Å². The van der Waals surface area contributed by atoms with Crippen LogP contribution in [0.4, 0.5) is 11.8 Å². The second-order valence-electron chi connectivity index (χ2n) is 6.21. The number of nitrogens with one attached hydrogen (secondary N) is 2. The quantitative estimate of drug-likeness (QED) is 0.736. The van der Waals surface area contributed by atoms with Crippen molar-refractivity contribution in [1.82, 2.24) is 34.8 Å². The lowest BCUT2D eigenvalue weighted by molar-refractivity contribution is 0.318. The van der Waals surface area contributed by atoms with Gasteiger partial charge in [0.05, 0.1) is 6.54 Å². The van der Waals surface area contributed by atoms with Gasteiger partial charge in [0.15, 0.2) is 0 Å². The van der Waals surface area contributed by atoms with Crippen LogP contribution in [-0.4, -0.2) is 47.9 Å². The van der Waals surface area contributed by atoms with Crippen LogP contribution in [0.15, 0.2) is 36.9 Å². The molecule has 8 nitrogen and oxygen atoms in total. The Labute approximate surface area is 145 Å². The Hall–Kier alpha value is -2.87. The molecule has 0 bridgehead atoms. The molecular formula is C17H20N8. The molecule has 0 spiro atoms. The monoisotopic (exact) mass is 336 g/mol. The highest BCUT2D eigenvalue weighted by Gasteiger charge is 2.27. The van der Waals surface area contributed by atoms with E-state index in [4.69, 9.17) is 4.98 Å².